The Labute approximate surface area is 136 Å². The number of rotatable bonds is 5. The Bertz CT molecular complexity index is 485. The number of nitrogens with zero attached hydrogens (tertiary/aromatic N) is 1. The van der Waals surface area contributed by atoms with Crippen LogP contribution in [0, 0.1) is 0 Å². The molecule has 1 atom stereocenters. The molecule has 0 radical (unpaired) electrons. The zero-order valence-electron chi connectivity index (χ0n) is 12.2. The number of hydrogen-bond donors (Lipinski definition) is 2. The molecule has 0 aliphatic carbocycles. The lowest BCUT2D eigenvalue weighted by molar-refractivity contribution is -0.117. The topological polar surface area (TPSA) is 53.6 Å². The number of hydrogen-bond acceptors (Lipinski definition) is 4. The minimum Gasteiger partial charge on any atom is -0.495 e. The summed E-state index contributed by atoms with van der Waals surface area (Å²) in [6.07, 6.45) is 1.08. The minimum absolute atomic E-state index is 0. The second kappa shape index (κ2) is 8.44. The van der Waals surface area contributed by atoms with Gasteiger partial charge in [-0.3, -0.25) is 9.69 Å². The van der Waals surface area contributed by atoms with Gasteiger partial charge < -0.3 is 15.4 Å². The molecule has 1 unspecified atom stereocenters. The highest BCUT2D eigenvalue weighted by molar-refractivity contribution is 6.32. The zero-order chi connectivity index (χ0) is 14.5. The fourth-order valence-electron chi connectivity index (χ4n) is 2.36. The molecular formula is C14H21Cl2N3O2. The van der Waals surface area contributed by atoms with Gasteiger partial charge in [-0.1, -0.05) is 11.6 Å². The first-order valence-electron chi connectivity index (χ1n) is 6.65. The Balaban J connectivity index is 0.00000220. The lowest BCUT2D eigenvalue weighted by Crippen LogP contribution is -2.34. The fourth-order valence-corrected chi connectivity index (χ4v) is 2.62. The number of carbonyl (C=O) groups excluding carboxylic acids is 1. The number of carbonyl (C=O) groups is 1. The van der Waals surface area contributed by atoms with E-state index >= 15 is 0 Å². The summed E-state index contributed by atoms with van der Waals surface area (Å²) >= 11 is 6.03. The second-order valence-electron chi connectivity index (χ2n) is 4.91. The highest BCUT2D eigenvalue weighted by Gasteiger charge is 2.22. The van der Waals surface area contributed by atoms with Crippen LogP contribution in [0.25, 0.3) is 0 Å². The minimum atomic E-state index is -0.0250. The number of halogens is 2. The zero-order valence-corrected chi connectivity index (χ0v) is 13.8. The van der Waals surface area contributed by atoms with Gasteiger partial charge in [0.05, 0.1) is 18.7 Å². The van der Waals surface area contributed by atoms with Crippen molar-refractivity contribution in [2.75, 3.05) is 39.1 Å². The Kier molecular flexibility index (Phi) is 7.25. The molecule has 1 fully saturated rings. The summed E-state index contributed by atoms with van der Waals surface area (Å²) in [5.74, 6) is 0.573. The van der Waals surface area contributed by atoms with E-state index < -0.39 is 0 Å². The van der Waals surface area contributed by atoms with Crippen LogP contribution in [0.4, 0.5) is 5.69 Å². The van der Waals surface area contributed by atoms with Gasteiger partial charge in [-0.05, 0) is 31.7 Å². The fraction of sp³-hybridized carbons (Fsp3) is 0.500. The van der Waals surface area contributed by atoms with Crippen LogP contribution in [0.5, 0.6) is 5.75 Å². The molecular weight excluding hydrogens is 313 g/mol. The molecule has 2 rings (SSSR count). The molecule has 1 heterocycles. The van der Waals surface area contributed by atoms with Crippen LogP contribution in [0.1, 0.15) is 6.42 Å². The van der Waals surface area contributed by atoms with Crippen LogP contribution in [0.2, 0.25) is 5.02 Å². The van der Waals surface area contributed by atoms with E-state index in [1.807, 2.05) is 7.05 Å². The van der Waals surface area contributed by atoms with Gasteiger partial charge in [-0.25, -0.2) is 0 Å². The Morgan fingerprint density at radius 1 is 1.52 bits per heavy atom. The van der Waals surface area contributed by atoms with Crippen molar-refractivity contribution in [3.8, 4) is 5.75 Å². The summed E-state index contributed by atoms with van der Waals surface area (Å²) < 4.78 is 5.08. The van der Waals surface area contributed by atoms with E-state index in [9.17, 15) is 4.79 Å². The van der Waals surface area contributed by atoms with Crippen molar-refractivity contribution in [3.63, 3.8) is 0 Å². The number of likely N-dealkylation sites (N-methyl/N-ethyl adjacent to an activating group) is 1. The highest BCUT2D eigenvalue weighted by Crippen LogP contribution is 2.27. The van der Waals surface area contributed by atoms with Gasteiger partial charge in [0.15, 0.2) is 0 Å². The molecule has 5 nitrogen and oxygen atoms in total. The predicted octanol–water partition coefficient (Wildman–Crippen LogP) is 2.00. The third-order valence-electron chi connectivity index (χ3n) is 3.48. The molecule has 0 bridgehead atoms. The molecule has 1 aliphatic rings. The molecule has 7 heteroatoms. The van der Waals surface area contributed by atoms with Crippen LogP contribution in [0.15, 0.2) is 18.2 Å². The SMILES string of the molecule is CNC1CCN(CC(=O)Nc2ccc(OC)c(Cl)c2)C1.Cl. The van der Waals surface area contributed by atoms with E-state index in [0.717, 1.165) is 19.5 Å². The molecule has 118 valence electrons. The highest BCUT2D eigenvalue weighted by atomic mass is 35.5. The third kappa shape index (κ3) is 5.04. The van der Waals surface area contributed by atoms with Gasteiger partial charge in [0.25, 0.3) is 0 Å². The van der Waals surface area contributed by atoms with Crippen molar-refractivity contribution < 1.29 is 9.53 Å². The van der Waals surface area contributed by atoms with Gasteiger partial charge in [0.2, 0.25) is 5.91 Å². The molecule has 1 amide bonds. The van der Waals surface area contributed by atoms with E-state index in [0.29, 0.717) is 29.0 Å². The third-order valence-corrected chi connectivity index (χ3v) is 3.78. The molecule has 2 N–H and O–H groups in total. The maximum atomic E-state index is 12.0. The van der Waals surface area contributed by atoms with Crippen LogP contribution in [0.3, 0.4) is 0 Å². The first kappa shape index (κ1) is 18.0. The molecule has 0 aromatic heterocycles. The van der Waals surface area contributed by atoms with Gasteiger partial charge in [0, 0.05) is 24.8 Å². The normalized spacial score (nSPS) is 18.1. The molecule has 1 aromatic rings. The van der Waals surface area contributed by atoms with E-state index in [4.69, 9.17) is 16.3 Å². The quantitative estimate of drug-likeness (QED) is 0.865. The smallest absolute Gasteiger partial charge is 0.238 e. The second-order valence-corrected chi connectivity index (χ2v) is 5.31. The summed E-state index contributed by atoms with van der Waals surface area (Å²) in [6, 6.07) is 5.70. The molecule has 0 spiro atoms. The first-order chi connectivity index (χ1) is 9.62. The van der Waals surface area contributed by atoms with Crippen LogP contribution < -0.4 is 15.4 Å². The summed E-state index contributed by atoms with van der Waals surface area (Å²) in [5, 5.41) is 6.57. The number of ether oxygens (including phenoxy) is 1. The number of benzene rings is 1. The number of likely N-dealkylation sites (tertiary alicyclic amines) is 1. The van der Waals surface area contributed by atoms with Crippen molar-refractivity contribution in [2.24, 2.45) is 0 Å². The van der Waals surface area contributed by atoms with Gasteiger partial charge in [-0.15, -0.1) is 12.4 Å². The molecule has 1 aliphatic heterocycles. The predicted molar refractivity (Wildman–Crippen MR) is 87.8 cm³/mol. The lowest BCUT2D eigenvalue weighted by atomic mass is 10.3. The van der Waals surface area contributed by atoms with Crippen molar-refractivity contribution in [3.05, 3.63) is 23.2 Å². The maximum Gasteiger partial charge on any atom is 0.238 e. The number of amides is 1. The summed E-state index contributed by atoms with van der Waals surface area (Å²) in [6.45, 7) is 2.26. The summed E-state index contributed by atoms with van der Waals surface area (Å²) in [5.41, 5.74) is 0.685. The van der Waals surface area contributed by atoms with Crippen molar-refractivity contribution >= 4 is 35.6 Å². The van der Waals surface area contributed by atoms with Gasteiger partial charge in [0.1, 0.15) is 5.75 Å². The Morgan fingerprint density at radius 2 is 2.29 bits per heavy atom. The van der Waals surface area contributed by atoms with Crippen LogP contribution in [-0.2, 0) is 4.79 Å². The number of methoxy groups -OCH3 is 1. The monoisotopic (exact) mass is 333 g/mol. The summed E-state index contributed by atoms with van der Waals surface area (Å²) in [4.78, 5) is 14.1. The van der Waals surface area contributed by atoms with Gasteiger partial charge >= 0.3 is 0 Å². The molecule has 0 saturated carbocycles. The van der Waals surface area contributed by atoms with E-state index in [1.165, 1.54) is 0 Å². The van der Waals surface area contributed by atoms with Crippen molar-refractivity contribution in [2.45, 2.75) is 12.5 Å². The van der Waals surface area contributed by atoms with Crippen molar-refractivity contribution in [1.29, 1.82) is 0 Å². The molecule has 21 heavy (non-hydrogen) atoms. The number of nitrogens with one attached hydrogen (secondary N) is 2. The lowest BCUT2D eigenvalue weighted by Gasteiger charge is -2.15. The average Bonchev–Trinajstić information content (AvgIpc) is 2.86. The van der Waals surface area contributed by atoms with E-state index in [-0.39, 0.29) is 18.3 Å². The van der Waals surface area contributed by atoms with Gasteiger partial charge in [-0.2, -0.15) is 0 Å². The summed E-state index contributed by atoms with van der Waals surface area (Å²) in [7, 11) is 3.51. The number of anilines is 1. The molecule has 1 saturated heterocycles. The van der Waals surface area contributed by atoms with Crippen LogP contribution >= 0.6 is 24.0 Å². The average molecular weight is 334 g/mol. The van der Waals surface area contributed by atoms with E-state index in [2.05, 4.69) is 15.5 Å². The maximum absolute atomic E-state index is 12.0. The standard InChI is InChI=1S/C14H20ClN3O2.ClH/c1-16-11-5-6-18(8-11)9-14(19)17-10-3-4-13(20-2)12(15)7-10;/h3-4,7,11,16H,5-6,8-9H2,1-2H3,(H,17,19);1H. The van der Waals surface area contributed by atoms with Crippen LogP contribution in [-0.4, -0.2) is 50.6 Å². The van der Waals surface area contributed by atoms with E-state index in [1.54, 1.807) is 25.3 Å². The Morgan fingerprint density at radius 3 is 2.86 bits per heavy atom. The molecule has 1 aromatic carbocycles. The Hall–Kier alpha value is -1.01. The largest absolute Gasteiger partial charge is 0.495 e. The first-order valence-corrected chi connectivity index (χ1v) is 7.03. The van der Waals surface area contributed by atoms with Crippen molar-refractivity contribution in [1.82, 2.24) is 10.2 Å².